The van der Waals surface area contributed by atoms with Crippen LogP contribution in [0.4, 0.5) is 13.2 Å². The van der Waals surface area contributed by atoms with Crippen molar-refractivity contribution in [2.45, 2.75) is 38.5 Å². The molecule has 1 unspecified atom stereocenters. The quantitative estimate of drug-likeness (QED) is 0.765. The lowest BCUT2D eigenvalue weighted by Gasteiger charge is -2.34. The van der Waals surface area contributed by atoms with Gasteiger partial charge in [-0.25, -0.2) is 0 Å². The van der Waals surface area contributed by atoms with Crippen LogP contribution >= 0.6 is 0 Å². The number of hydrogen-bond acceptors (Lipinski definition) is 2. The number of benzene rings is 1. The molecule has 18 heavy (non-hydrogen) atoms. The maximum atomic E-state index is 12.6. The van der Waals surface area contributed by atoms with Crippen LogP contribution in [0.1, 0.15) is 42.6 Å². The zero-order valence-electron chi connectivity index (χ0n) is 10.1. The van der Waals surface area contributed by atoms with Crippen molar-refractivity contribution in [2.24, 2.45) is 0 Å². The first-order valence-corrected chi connectivity index (χ1v) is 5.69. The third-order valence-electron chi connectivity index (χ3n) is 3.25. The van der Waals surface area contributed by atoms with Gasteiger partial charge in [0.15, 0.2) is 5.78 Å². The van der Waals surface area contributed by atoms with Crippen LogP contribution in [0.3, 0.4) is 0 Å². The number of carbonyl (C=O) groups is 1. The molecule has 1 heterocycles. The largest absolute Gasteiger partial charge is 0.486 e. The SMILES string of the molecule is CCC1(C)CC(=O)c2ccc(C(F)(F)F)cc2O1. The molecule has 0 aliphatic carbocycles. The van der Waals surface area contributed by atoms with Gasteiger partial charge < -0.3 is 4.74 Å². The highest BCUT2D eigenvalue weighted by Crippen LogP contribution is 2.39. The average Bonchev–Trinajstić information content (AvgIpc) is 2.27. The van der Waals surface area contributed by atoms with Crippen molar-refractivity contribution in [1.82, 2.24) is 0 Å². The molecule has 0 spiro atoms. The summed E-state index contributed by atoms with van der Waals surface area (Å²) in [5, 5.41) is 0. The molecule has 2 rings (SSSR count). The summed E-state index contributed by atoms with van der Waals surface area (Å²) in [5.41, 5.74) is -1.28. The molecule has 0 amide bonds. The Bertz CT molecular complexity index is 493. The molecular weight excluding hydrogens is 245 g/mol. The highest BCUT2D eigenvalue weighted by molar-refractivity contribution is 6.00. The average molecular weight is 258 g/mol. The van der Waals surface area contributed by atoms with Gasteiger partial charge in [-0.2, -0.15) is 13.2 Å². The monoisotopic (exact) mass is 258 g/mol. The number of ether oxygens (including phenoxy) is 1. The van der Waals surface area contributed by atoms with Crippen molar-refractivity contribution in [3.05, 3.63) is 29.3 Å². The lowest BCUT2D eigenvalue weighted by Crippen LogP contribution is -2.38. The van der Waals surface area contributed by atoms with Crippen LogP contribution in [0.15, 0.2) is 18.2 Å². The molecule has 0 N–H and O–H groups in total. The highest BCUT2D eigenvalue weighted by atomic mass is 19.4. The van der Waals surface area contributed by atoms with Gasteiger partial charge >= 0.3 is 6.18 Å². The molecule has 1 aromatic rings. The minimum Gasteiger partial charge on any atom is -0.486 e. The fourth-order valence-corrected chi connectivity index (χ4v) is 1.95. The Hall–Kier alpha value is -1.52. The number of fused-ring (bicyclic) bond motifs is 1. The Morgan fingerprint density at radius 1 is 1.39 bits per heavy atom. The lowest BCUT2D eigenvalue weighted by atomic mass is 9.89. The molecular formula is C13H13F3O2. The summed E-state index contributed by atoms with van der Waals surface area (Å²) in [6.07, 6.45) is -3.67. The van der Waals surface area contributed by atoms with Gasteiger partial charge in [0.2, 0.25) is 0 Å². The van der Waals surface area contributed by atoms with E-state index in [1.807, 2.05) is 6.92 Å². The van der Waals surface area contributed by atoms with Crippen LogP contribution in [0.5, 0.6) is 5.75 Å². The van der Waals surface area contributed by atoms with E-state index in [0.717, 1.165) is 12.1 Å². The number of rotatable bonds is 1. The summed E-state index contributed by atoms with van der Waals surface area (Å²) in [4.78, 5) is 11.9. The molecule has 5 heteroatoms. The van der Waals surface area contributed by atoms with Crippen molar-refractivity contribution < 1.29 is 22.7 Å². The Kier molecular flexibility index (Phi) is 2.87. The zero-order valence-corrected chi connectivity index (χ0v) is 10.1. The van der Waals surface area contributed by atoms with E-state index in [-0.39, 0.29) is 23.5 Å². The number of alkyl halides is 3. The maximum Gasteiger partial charge on any atom is 0.416 e. The van der Waals surface area contributed by atoms with Gasteiger partial charge in [0.05, 0.1) is 17.5 Å². The second-order valence-corrected chi connectivity index (χ2v) is 4.71. The summed E-state index contributed by atoms with van der Waals surface area (Å²) in [7, 11) is 0. The molecule has 0 aromatic heterocycles. The Balaban J connectivity index is 2.47. The van der Waals surface area contributed by atoms with Crippen molar-refractivity contribution >= 4 is 5.78 Å². The van der Waals surface area contributed by atoms with E-state index < -0.39 is 17.3 Å². The molecule has 98 valence electrons. The van der Waals surface area contributed by atoms with Crippen molar-refractivity contribution in [2.75, 3.05) is 0 Å². The Morgan fingerprint density at radius 3 is 2.61 bits per heavy atom. The fourth-order valence-electron chi connectivity index (χ4n) is 1.95. The van der Waals surface area contributed by atoms with Crippen LogP contribution < -0.4 is 4.74 Å². The second kappa shape index (κ2) is 4.00. The summed E-state index contributed by atoms with van der Waals surface area (Å²) >= 11 is 0. The molecule has 0 saturated carbocycles. The van der Waals surface area contributed by atoms with Crippen LogP contribution in [-0.2, 0) is 6.18 Å². The van der Waals surface area contributed by atoms with E-state index in [4.69, 9.17) is 4.74 Å². The van der Waals surface area contributed by atoms with Gasteiger partial charge in [0.1, 0.15) is 11.4 Å². The van der Waals surface area contributed by atoms with Crippen LogP contribution in [-0.4, -0.2) is 11.4 Å². The summed E-state index contributed by atoms with van der Waals surface area (Å²) in [6, 6.07) is 3.00. The first-order valence-electron chi connectivity index (χ1n) is 5.69. The minimum absolute atomic E-state index is 0.0328. The molecule has 1 aliphatic heterocycles. The normalized spacial score (nSPS) is 23.5. The van der Waals surface area contributed by atoms with Crippen LogP contribution in [0, 0.1) is 0 Å². The maximum absolute atomic E-state index is 12.6. The molecule has 1 aromatic carbocycles. The number of Topliss-reactive ketones (excluding diaryl/α,β-unsaturated/α-hetero) is 1. The van der Waals surface area contributed by atoms with Crippen LogP contribution in [0.2, 0.25) is 0 Å². The second-order valence-electron chi connectivity index (χ2n) is 4.71. The molecule has 2 nitrogen and oxygen atoms in total. The number of hydrogen-bond donors (Lipinski definition) is 0. The molecule has 0 radical (unpaired) electrons. The van der Waals surface area contributed by atoms with Gasteiger partial charge in [-0.05, 0) is 31.5 Å². The molecule has 0 saturated heterocycles. The first kappa shape index (κ1) is 12.9. The number of halogens is 3. The summed E-state index contributed by atoms with van der Waals surface area (Å²) in [5.74, 6) is -0.139. The fraction of sp³-hybridized carbons (Fsp3) is 0.462. The summed E-state index contributed by atoms with van der Waals surface area (Å²) < 4.78 is 43.3. The van der Waals surface area contributed by atoms with Gasteiger partial charge in [-0.1, -0.05) is 6.92 Å². The van der Waals surface area contributed by atoms with E-state index in [2.05, 4.69) is 0 Å². The van der Waals surface area contributed by atoms with E-state index >= 15 is 0 Å². The smallest absolute Gasteiger partial charge is 0.416 e. The van der Waals surface area contributed by atoms with E-state index in [9.17, 15) is 18.0 Å². The molecule has 0 bridgehead atoms. The predicted molar refractivity (Wildman–Crippen MR) is 59.7 cm³/mol. The van der Waals surface area contributed by atoms with Crippen molar-refractivity contribution in [1.29, 1.82) is 0 Å². The Morgan fingerprint density at radius 2 is 2.06 bits per heavy atom. The topological polar surface area (TPSA) is 26.3 Å². The van der Waals surface area contributed by atoms with Crippen LogP contribution in [0.25, 0.3) is 0 Å². The third-order valence-corrected chi connectivity index (χ3v) is 3.25. The highest BCUT2D eigenvalue weighted by Gasteiger charge is 2.37. The van der Waals surface area contributed by atoms with Gasteiger partial charge in [0.25, 0.3) is 0 Å². The Labute approximate surface area is 103 Å². The molecule has 0 fully saturated rings. The van der Waals surface area contributed by atoms with E-state index in [1.54, 1.807) is 6.92 Å². The lowest BCUT2D eigenvalue weighted by molar-refractivity contribution is -0.137. The molecule has 1 aliphatic rings. The van der Waals surface area contributed by atoms with E-state index in [0.29, 0.717) is 6.42 Å². The van der Waals surface area contributed by atoms with Crippen molar-refractivity contribution in [3.8, 4) is 5.75 Å². The summed E-state index contributed by atoms with van der Waals surface area (Å²) in [6.45, 7) is 3.57. The van der Waals surface area contributed by atoms with Gasteiger partial charge in [-0.3, -0.25) is 4.79 Å². The number of carbonyl (C=O) groups excluding carboxylic acids is 1. The van der Waals surface area contributed by atoms with Gasteiger partial charge in [0, 0.05) is 0 Å². The van der Waals surface area contributed by atoms with Crippen molar-refractivity contribution in [3.63, 3.8) is 0 Å². The zero-order chi connectivity index (χ0) is 13.6. The van der Waals surface area contributed by atoms with Gasteiger partial charge in [-0.15, -0.1) is 0 Å². The number of ketones is 1. The minimum atomic E-state index is -4.43. The van der Waals surface area contributed by atoms with E-state index in [1.165, 1.54) is 6.07 Å². The standard InChI is InChI=1S/C13H13F3O2/c1-3-12(2)7-10(17)9-5-4-8(13(14,15)16)6-11(9)18-12/h4-6H,3,7H2,1-2H3. The predicted octanol–water partition coefficient (Wildman–Crippen LogP) is 3.84. The third kappa shape index (κ3) is 2.21. The molecule has 1 atom stereocenters. The first-order chi connectivity index (χ1) is 8.25.